The van der Waals surface area contributed by atoms with E-state index >= 15 is 0 Å². The molecule has 0 saturated carbocycles. The molecule has 5 heteroatoms. The Bertz CT molecular complexity index is 483. The highest BCUT2D eigenvalue weighted by molar-refractivity contribution is 7.89. The molecule has 1 aromatic rings. The predicted octanol–water partition coefficient (Wildman–Crippen LogP) is 1.87. The number of nitrogens with one attached hydrogen (secondary N) is 1. The topological polar surface area (TPSA) is 66.4 Å². The Morgan fingerprint density at radius 2 is 1.89 bits per heavy atom. The van der Waals surface area contributed by atoms with Crippen LogP contribution in [0.2, 0.25) is 0 Å². The van der Waals surface area contributed by atoms with Crippen LogP contribution < -0.4 is 4.72 Å². The van der Waals surface area contributed by atoms with Crippen LogP contribution in [-0.2, 0) is 10.0 Å². The SMILES string of the molecule is CCC(C)(O)CNS(=O)(=O)CC(C)c1ccccc1. The van der Waals surface area contributed by atoms with Gasteiger partial charge in [-0.05, 0) is 24.8 Å². The minimum Gasteiger partial charge on any atom is -0.389 e. The van der Waals surface area contributed by atoms with Crippen molar-refractivity contribution in [3.63, 3.8) is 0 Å². The van der Waals surface area contributed by atoms with E-state index in [1.54, 1.807) is 6.92 Å². The summed E-state index contributed by atoms with van der Waals surface area (Å²) in [5.74, 6) is -0.0538. The number of sulfonamides is 1. The summed E-state index contributed by atoms with van der Waals surface area (Å²) in [6.07, 6.45) is 0.504. The first-order valence-electron chi connectivity index (χ1n) is 6.50. The quantitative estimate of drug-likeness (QED) is 0.803. The molecule has 0 aliphatic rings. The monoisotopic (exact) mass is 285 g/mol. The molecule has 2 atom stereocenters. The van der Waals surface area contributed by atoms with E-state index < -0.39 is 15.6 Å². The largest absolute Gasteiger partial charge is 0.389 e. The minimum atomic E-state index is -3.38. The number of benzene rings is 1. The number of rotatable bonds is 7. The summed E-state index contributed by atoms with van der Waals surface area (Å²) in [6.45, 7) is 5.37. The van der Waals surface area contributed by atoms with Crippen molar-refractivity contribution in [1.82, 2.24) is 4.72 Å². The van der Waals surface area contributed by atoms with E-state index in [0.29, 0.717) is 6.42 Å². The molecule has 1 aromatic carbocycles. The van der Waals surface area contributed by atoms with Gasteiger partial charge in [-0.2, -0.15) is 0 Å². The van der Waals surface area contributed by atoms with Gasteiger partial charge in [-0.25, -0.2) is 13.1 Å². The molecule has 0 spiro atoms. The molecule has 0 radical (unpaired) electrons. The van der Waals surface area contributed by atoms with Gasteiger partial charge >= 0.3 is 0 Å². The molecular formula is C14H23NO3S. The van der Waals surface area contributed by atoms with Crippen LogP contribution in [0, 0.1) is 0 Å². The van der Waals surface area contributed by atoms with Crippen LogP contribution in [0.1, 0.15) is 38.7 Å². The van der Waals surface area contributed by atoms with Gasteiger partial charge in [0.2, 0.25) is 10.0 Å². The highest BCUT2D eigenvalue weighted by atomic mass is 32.2. The van der Waals surface area contributed by atoms with E-state index in [1.807, 2.05) is 44.2 Å². The van der Waals surface area contributed by atoms with Crippen LogP contribution in [0.25, 0.3) is 0 Å². The molecule has 2 unspecified atom stereocenters. The normalized spacial score (nSPS) is 16.8. The van der Waals surface area contributed by atoms with E-state index in [2.05, 4.69) is 4.72 Å². The molecule has 0 aliphatic heterocycles. The molecule has 0 saturated heterocycles. The molecule has 0 amide bonds. The first-order chi connectivity index (χ1) is 8.76. The summed E-state index contributed by atoms with van der Waals surface area (Å²) < 4.78 is 26.4. The first-order valence-corrected chi connectivity index (χ1v) is 8.15. The van der Waals surface area contributed by atoms with Gasteiger partial charge in [-0.15, -0.1) is 0 Å². The summed E-state index contributed by atoms with van der Waals surface area (Å²) in [4.78, 5) is 0. The Kier molecular flexibility index (Phi) is 5.52. The van der Waals surface area contributed by atoms with Crippen molar-refractivity contribution < 1.29 is 13.5 Å². The van der Waals surface area contributed by atoms with Crippen molar-refractivity contribution in [1.29, 1.82) is 0 Å². The van der Waals surface area contributed by atoms with Crippen molar-refractivity contribution in [2.24, 2.45) is 0 Å². The highest BCUT2D eigenvalue weighted by Gasteiger charge is 2.22. The van der Waals surface area contributed by atoms with Gasteiger partial charge in [0.1, 0.15) is 0 Å². The average molecular weight is 285 g/mol. The molecule has 0 heterocycles. The summed E-state index contributed by atoms with van der Waals surface area (Å²) in [5.41, 5.74) is -0.00148. The summed E-state index contributed by atoms with van der Waals surface area (Å²) in [7, 11) is -3.38. The van der Waals surface area contributed by atoms with Crippen molar-refractivity contribution in [2.75, 3.05) is 12.3 Å². The molecule has 2 N–H and O–H groups in total. The lowest BCUT2D eigenvalue weighted by molar-refractivity contribution is 0.0613. The maximum Gasteiger partial charge on any atom is 0.212 e. The Morgan fingerprint density at radius 3 is 2.42 bits per heavy atom. The van der Waals surface area contributed by atoms with Gasteiger partial charge < -0.3 is 5.11 Å². The van der Waals surface area contributed by atoms with Crippen LogP contribution >= 0.6 is 0 Å². The lowest BCUT2D eigenvalue weighted by Gasteiger charge is -2.22. The second kappa shape index (κ2) is 6.50. The van der Waals surface area contributed by atoms with E-state index in [-0.39, 0.29) is 18.2 Å². The molecule has 4 nitrogen and oxygen atoms in total. The molecule has 0 aromatic heterocycles. The Morgan fingerprint density at radius 1 is 1.32 bits per heavy atom. The van der Waals surface area contributed by atoms with Crippen molar-refractivity contribution in [2.45, 2.75) is 38.7 Å². The van der Waals surface area contributed by atoms with Crippen LogP contribution in [0.5, 0.6) is 0 Å². The molecule has 108 valence electrons. The van der Waals surface area contributed by atoms with Gasteiger partial charge in [-0.1, -0.05) is 44.2 Å². The zero-order valence-corrected chi connectivity index (χ0v) is 12.6. The smallest absolute Gasteiger partial charge is 0.212 e. The Balaban J connectivity index is 2.60. The third-order valence-corrected chi connectivity index (χ3v) is 4.80. The molecular weight excluding hydrogens is 262 g/mol. The van der Waals surface area contributed by atoms with E-state index in [9.17, 15) is 13.5 Å². The third-order valence-electron chi connectivity index (χ3n) is 3.27. The van der Waals surface area contributed by atoms with Gasteiger partial charge in [0.05, 0.1) is 11.4 Å². The van der Waals surface area contributed by atoms with Gasteiger partial charge in [-0.3, -0.25) is 0 Å². The zero-order valence-electron chi connectivity index (χ0n) is 11.8. The van der Waals surface area contributed by atoms with E-state index in [4.69, 9.17) is 0 Å². The van der Waals surface area contributed by atoms with Crippen molar-refractivity contribution >= 4 is 10.0 Å². The fraction of sp³-hybridized carbons (Fsp3) is 0.571. The highest BCUT2D eigenvalue weighted by Crippen LogP contribution is 2.16. The molecule has 0 aliphatic carbocycles. The zero-order chi connectivity index (χ0) is 14.5. The molecule has 0 bridgehead atoms. The van der Waals surface area contributed by atoms with Gasteiger partial charge in [0.15, 0.2) is 0 Å². The Labute approximate surface area is 115 Å². The molecule has 19 heavy (non-hydrogen) atoms. The van der Waals surface area contributed by atoms with Crippen LogP contribution in [0.15, 0.2) is 30.3 Å². The molecule has 1 rings (SSSR count). The van der Waals surface area contributed by atoms with Gasteiger partial charge in [0, 0.05) is 6.54 Å². The second-order valence-electron chi connectivity index (χ2n) is 5.26. The minimum absolute atomic E-state index is 0.0246. The van der Waals surface area contributed by atoms with Crippen molar-refractivity contribution in [3.8, 4) is 0 Å². The van der Waals surface area contributed by atoms with Crippen LogP contribution in [0.4, 0.5) is 0 Å². The number of hydrogen-bond acceptors (Lipinski definition) is 3. The first kappa shape index (κ1) is 16.1. The van der Waals surface area contributed by atoms with Crippen molar-refractivity contribution in [3.05, 3.63) is 35.9 Å². The summed E-state index contributed by atoms with van der Waals surface area (Å²) >= 11 is 0. The fourth-order valence-electron chi connectivity index (χ4n) is 1.66. The molecule has 0 fully saturated rings. The second-order valence-corrected chi connectivity index (χ2v) is 7.12. The van der Waals surface area contributed by atoms with E-state index in [1.165, 1.54) is 0 Å². The maximum absolute atomic E-state index is 12.0. The average Bonchev–Trinajstić information content (AvgIpc) is 2.37. The Hall–Kier alpha value is -0.910. The predicted molar refractivity (Wildman–Crippen MR) is 77.6 cm³/mol. The van der Waals surface area contributed by atoms with E-state index in [0.717, 1.165) is 5.56 Å². The van der Waals surface area contributed by atoms with Gasteiger partial charge in [0.25, 0.3) is 0 Å². The number of aliphatic hydroxyl groups is 1. The lowest BCUT2D eigenvalue weighted by atomic mass is 10.0. The number of hydrogen-bond donors (Lipinski definition) is 2. The van der Waals surface area contributed by atoms with Crippen LogP contribution in [0.3, 0.4) is 0 Å². The third kappa shape index (κ3) is 5.72. The summed E-state index contributed by atoms with van der Waals surface area (Å²) in [5, 5.41) is 9.81. The fourth-order valence-corrected chi connectivity index (χ4v) is 3.16. The summed E-state index contributed by atoms with van der Waals surface area (Å²) in [6, 6.07) is 9.54. The standard InChI is InChI=1S/C14H23NO3S/c1-4-14(3,16)11-15-19(17,18)10-12(2)13-8-6-5-7-9-13/h5-9,12,15-16H,4,10-11H2,1-3H3. The maximum atomic E-state index is 12.0. The van der Waals surface area contributed by atoms with Crippen LogP contribution in [-0.4, -0.2) is 31.4 Å². The lowest BCUT2D eigenvalue weighted by Crippen LogP contribution is -2.41.